The van der Waals surface area contributed by atoms with Gasteiger partial charge in [-0.3, -0.25) is 14.9 Å². The van der Waals surface area contributed by atoms with E-state index in [2.05, 4.69) is 0 Å². The summed E-state index contributed by atoms with van der Waals surface area (Å²) in [7, 11) is 1.69. The highest BCUT2D eigenvalue weighted by Crippen LogP contribution is 2.24. The maximum Gasteiger partial charge on any atom is 0.269 e. The van der Waals surface area contributed by atoms with E-state index in [1.807, 2.05) is 6.92 Å². The van der Waals surface area contributed by atoms with Gasteiger partial charge in [-0.2, -0.15) is 0 Å². The minimum absolute atomic E-state index is 0.0236. The highest BCUT2D eigenvalue weighted by Gasteiger charge is 2.25. The van der Waals surface area contributed by atoms with Crippen molar-refractivity contribution in [2.75, 3.05) is 7.05 Å². The summed E-state index contributed by atoms with van der Waals surface area (Å²) in [6.45, 7) is 5.41. The second-order valence-corrected chi connectivity index (χ2v) is 5.13. The number of nitrogens with two attached hydrogens (primary N) is 1. The molecule has 20 heavy (non-hydrogen) atoms. The van der Waals surface area contributed by atoms with Crippen LogP contribution in [0.15, 0.2) is 24.3 Å². The number of carbonyl (C=O) groups excluding carboxylic acids is 1. The van der Waals surface area contributed by atoms with Gasteiger partial charge >= 0.3 is 0 Å². The Bertz CT molecular complexity index is 502. The molecule has 2 N–H and O–H groups in total. The van der Waals surface area contributed by atoms with E-state index in [1.54, 1.807) is 37.9 Å². The van der Waals surface area contributed by atoms with Crippen molar-refractivity contribution in [1.82, 2.24) is 4.90 Å². The average molecular weight is 279 g/mol. The number of hydrogen-bond acceptors (Lipinski definition) is 4. The van der Waals surface area contributed by atoms with Crippen LogP contribution in [0.5, 0.6) is 0 Å². The Morgan fingerprint density at radius 1 is 1.35 bits per heavy atom. The number of benzene rings is 1. The lowest BCUT2D eigenvalue weighted by Gasteiger charge is -2.29. The van der Waals surface area contributed by atoms with Crippen LogP contribution in [0.1, 0.15) is 32.4 Å². The van der Waals surface area contributed by atoms with Crippen LogP contribution < -0.4 is 5.73 Å². The molecule has 1 aromatic rings. The van der Waals surface area contributed by atoms with Crippen LogP contribution in [0.3, 0.4) is 0 Å². The van der Waals surface area contributed by atoms with Gasteiger partial charge in [0.25, 0.3) is 5.69 Å². The number of non-ortho nitro benzene ring substituents is 1. The van der Waals surface area contributed by atoms with E-state index in [1.165, 1.54) is 12.1 Å². The van der Waals surface area contributed by atoms with E-state index >= 15 is 0 Å². The molecule has 6 nitrogen and oxygen atoms in total. The molecule has 6 heteroatoms. The van der Waals surface area contributed by atoms with Gasteiger partial charge in [0.1, 0.15) is 0 Å². The number of hydrogen-bond donors (Lipinski definition) is 1. The topological polar surface area (TPSA) is 89.5 Å². The van der Waals surface area contributed by atoms with Crippen LogP contribution in [0, 0.1) is 16.0 Å². The molecule has 3 atom stereocenters. The normalized spacial score (nSPS) is 15.2. The zero-order valence-corrected chi connectivity index (χ0v) is 12.2. The molecule has 0 saturated heterocycles. The number of nitrogens with zero attached hydrogens (tertiary/aromatic N) is 2. The summed E-state index contributed by atoms with van der Waals surface area (Å²) in [6.07, 6.45) is 0. The fourth-order valence-corrected chi connectivity index (χ4v) is 1.86. The highest BCUT2D eigenvalue weighted by atomic mass is 16.6. The van der Waals surface area contributed by atoms with Gasteiger partial charge in [0.05, 0.1) is 16.9 Å². The van der Waals surface area contributed by atoms with E-state index in [0.29, 0.717) is 0 Å². The van der Waals surface area contributed by atoms with Crippen LogP contribution in [-0.4, -0.2) is 28.8 Å². The number of rotatable bonds is 5. The molecule has 0 aliphatic carbocycles. The van der Waals surface area contributed by atoms with Gasteiger partial charge in [-0.15, -0.1) is 0 Å². The number of nitro groups is 1. The fraction of sp³-hybridized carbons (Fsp3) is 0.500. The summed E-state index contributed by atoms with van der Waals surface area (Å²) in [4.78, 5) is 24.2. The third-order valence-electron chi connectivity index (χ3n) is 3.67. The standard InChI is InChI=1S/C14H21N3O3/c1-9(10(2)15)14(18)16(4)11(3)12-6-5-7-13(8-12)17(19)20/h5-11H,15H2,1-4H3. The molecular formula is C14H21N3O3. The Labute approximate surface area is 118 Å². The maximum atomic E-state index is 12.2. The molecule has 0 spiro atoms. The quantitative estimate of drug-likeness (QED) is 0.660. The summed E-state index contributed by atoms with van der Waals surface area (Å²) in [5.74, 6) is -0.361. The molecule has 1 rings (SSSR count). The Balaban J connectivity index is 2.94. The van der Waals surface area contributed by atoms with Gasteiger partial charge in [-0.05, 0) is 19.4 Å². The van der Waals surface area contributed by atoms with Crippen LogP contribution >= 0.6 is 0 Å². The SMILES string of the molecule is CC(N)C(C)C(=O)N(C)C(C)c1cccc([N+](=O)[O-])c1. The number of nitro benzene ring substituents is 1. The molecule has 0 aromatic heterocycles. The van der Waals surface area contributed by atoms with E-state index in [9.17, 15) is 14.9 Å². The summed E-state index contributed by atoms with van der Waals surface area (Å²) in [5, 5.41) is 10.8. The maximum absolute atomic E-state index is 12.2. The predicted molar refractivity (Wildman–Crippen MR) is 77.1 cm³/mol. The minimum atomic E-state index is -0.442. The highest BCUT2D eigenvalue weighted by molar-refractivity contribution is 5.79. The van der Waals surface area contributed by atoms with Crippen molar-refractivity contribution in [1.29, 1.82) is 0 Å². The second kappa shape index (κ2) is 6.47. The Morgan fingerprint density at radius 2 is 1.95 bits per heavy atom. The summed E-state index contributed by atoms with van der Waals surface area (Å²) in [5.41, 5.74) is 6.49. The van der Waals surface area contributed by atoms with Crippen LogP contribution in [0.25, 0.3) is 0 Å². The molecule has 0 aliphatic rings. The smallest absolute Gasteiger partial charge is 0.269 e. The molecule has 0 heterocycles. The van der Waals surface area contributed by atoms with Crippen LogP contribution in [-0.2, 0) is 4.79 Å². The molecule has 110 valence electrons. The third kappa shape index (κ3) is 3.54. The van der Waals surface area contributed by atoms with E-state index in [-0.39, 0.29) is 29.6 Å². The molecule has 1 aromatic carbocycles. The zero-order chi connectivity index (χ0) is 15.4. The monoisotopic (exact) mass is 279 g/mol. The first-order valence-electron chi connectivity index (χ1n) is 6.52. The molecule has 0 radical (unpaired) electrons. The summed E-state index contributed by atoms with van der Waals surface area (Å²) < 4.78 is 0. The zero-order valence-electron chi connectivity index (χ0n) is 12.2. The van der Waals surface area contributed by atoms with Crippen molar-refractivity contribution in [3.05, 3.63) is 39.9 Å². The van der Waals surface area contributed by atoms with Crippen LogP contribution in [0.2, 0.25) is 0 Å². The molecule has 1 amide bonds. The van der Waals surface area contributed by atoms with Crippen LogP contribution in [0.4, 0.5) is 5.69 Å². The largest absolute Gasteiger partial charge is 0.339 e. The molecule has 0 aliphatic heterocycles. The Kier molecular flexibility index (Phi) is 5.21. The first kappa shape index (κ1) is 16.1. The van der Waals surface area contributed by atoms with Crippen molar-refractivity contribution in [3.63, 3.8) is 0 Å². The van der Waals surface area contributed by atoms with Crippen molar-refractivity contribution >= 4 is 11.6 Å². The summed E-state index contributed by atoms with van der Waals surface area (Å²) >= 11 is 0. The lowest BCUT2D eigenvalue weighted by molar-refractivity contribution is -0.384. The van der Waals surface area contributed by atoms with Gasteiger partial charge in [-0.1, -0.05) is 19.1 Å². The van der Waals surface area contributed by atoms with Crippen molar-refractivity contribution < 1.29 is 9.72 Å². The predicted octanol–water partition coefficient (Wildman–Crippen LogP) is 2.10. The second-order valence-electron chi connectivity index (χ2n) is 5.13. The third-order valence-corrected chi connectivity index (χ3v) is 3.67. The number of amides is 1. The lowest BCUT2D eigenvalue weighted by Crippen LogP contribution is -2.40. The van der Waals surface area contributed by atoms with E-state index < -0.39 is 4.92 Å². The van der Waals surface area contributed by atoms with Crippen molar-refractivity contribution in [2.45, 2.75) is 32.9 Å². The van der Waals surface area contributed by atoms with Gasteiger partial charge in [0.15, 0.2) is 0 Å². The fourth-order valence-electron chi connectivity index (χ4n) is 1.86. The Hall–Kier alpha value is -1.95. The first-order valence-corrected chi connectivity index (χ1v) is 6.52. The van der Waals surface area contributed by atoms with E-state index in [0.717, 1.165) is 5.56 Å². The molecule has 0 bridgehead atoms. The molecule has 0 saturated carbocycles. The minimum Gasteiger partial charge on any atom is -0.339 e. The van der Waals surface area contributed by atoms with Crippen molar-refractivity contribution in [3.8, 4) is 0 Å². The van der Waals surface area contributed by atoms with Gasteiger partial charge in [0, 0.05) is 25.2 Å². The number of carbonyl (C=O) groups is 1. The van der Waals surface area contributed by atoms with Gasteiger partial charge in [0.2, 0.25) is 5.91 Å². The van der Waals surface area contributed by atoms with Crippen molar-refractivity contribution in [2.24, 2.45) is 11.7 Å². The summed E-state index contributed by atoms with van der Waals surface area (Å²) in [6, 6.07) is 5.84. The molecule has 0 fully saturated rings. The Morgan fingerprint density at radius 3 is 2.45 bits per heavy atom. The van der Waals surface area contributed by atoms with E-state index in [4.69, 9.17) is 5.73 Å². The molecular weight excluding hydrogens is 258 g/mol. The lowest BCUT2D eigenvalue weighted by atomic mass is 10.0. The molecule has 3 unspecified atom stereocenters. The average Bonchev–Trinajstić information content (AvgIpc) is 2.43. The first-order chi connectivity index (χ1) is 9.25. The van der Waals surface area contributed by atoms with Gasteiger partial charge < -0.3 is 10.6 Å². The van der Waals surface area contributed by atoms with Gasteiger partial charge in [-0.25, -0.2) is 0 Å².